The number of methoxy groups -OCH3 is 1. The van der Waals surface area contributed by atoms with Gasteiger partial charge in [0.15, 0.2) is 0 Å². The normalized spacial score (nSPS) is 27.3. The number of benzene rings is 1. The average molecular weight is 233 g/mol. The summed E-state index contributed by atoms with van der Waals surface area (Å²) >= 11 is 0. The average Bonchev–Trinajstić information content (AvgIpc) is 2.89. The molecule has 2 aliphatic rings. The molecule has 0 N–H and O–H groups in total. The van der Waals surface area contributed by atoms with Gasteiger partial charge >= 0.3 is 0 Å². The quantitative estimate of drug-likeness (QED) is 0.780. The summed E-state index contributed by atoms with van der Waals surface area (Å²) in [7, 11) is 1.75. The van der Waals surface area contributed by atoms with Gasteiger partial charge < -0.3 is 14.4 Å². The highest BCUT2D eigenvalue weighted by Gasteiger charge is 2.37. The summed E-state index contributed by atoms with van der Waals surface area (Å²) < 4.78 is 11.0. The van der Waals surface area contributed by atoms with E-state index in [2.05, 4.69) is 30.0 Å². The molecule has 2 fully saturated rings. The van der Waals surface area contributed by atoms with Gasteiger partial charge in [0.2, 0.25) is 0 Å². The topological polar surface area (TPSA) is 21.7 Å². The van der Waals surface area contributed by atoms with Crippen LogP contribution in [0.4, 0.5) is 5.69 Å². The van der Waals surface area contributed by atoms with Gasteiger partial charge in [0.05, 0.1) is 26.0 Å². The molecule has 0 amide bonds. The first-order valence-electron chi connectivity index (χ1n) is 6.25. The van der Waals surface area contributed by atoms with Crippen molar-refractivity contribution in [3.05, 3.63) is 23.8 Å². The van der Waals surface area contributed by atoms with Gasteiger partial charge in [-0.3, -0.25) is 0 Å². The van der Waals surface area contributed by atoms with E-state index in [0.717, 1.165) is 32.1 Å². The van der Waals surface area contributed by atoms with Gasteiger partial charge in [-0.05, 0) is 24.6 Å². The minimum atomic E-state index is 0.709. The summed E-state index contributed by atoms with van der Waals surface area (Å²) in [5, 5.41) is 0. The van der Waals surface area contributed by atoms with Crippen LogP contribution in [0.15, 0.2) is 18.2 Å². The number of fused-ring (bicyclic) bond motifs is 1. The van der Waals surface area contributed by atoms with E-state index in [1.165, 1.54) is 11.3 Å². The maximum atomic E-state index is 5.51. The van der Waals surface area contributed by atoms with Gasteiger partial charge in [0.1, 0.15) is 5.75 Å². The lowest BCUT2D eigenvalue weighted by atomic mass is 10.0. The Morgan fingerprint density at radius 2 is 1.94 bits per heavy atom. The van der Waals surface area contributed by atoms with E-state index in [0.29, 0.717) is 11.8 Å². The van der Waals surface area contributed by atoms with Crippen LogP contribution in [0.3, 0.4) is 0 Å². The van der Waals surface area contributed by atoms with Gasteiger partial charge in [-0.15, -0.1) is 0 Å². The second kappa shape index (κ2) is 4.22. The molecule has 0 radical (unpaired) electrons. The molecule has 2 atom stereocenters. The third-order valence-electron chi connectivity index (χ3n) is 3.92. The molecule has 17 heavy (non-hydrogen) atoms. The third kappa shape index (κ3) is 1.89. The van der Waals surface area contributed by atoms with Crippen LogP contribution in [0.5, 0.6) is 5.75 Å². The highest BCUT2D eigenvalue weighted by molar-refractivity contribution is 5.60. The monoisotopic (exact) mass is 233 g/mol. The molecule has 2 heterocycles. The molecular weight excluding hydrogens is 214 g/mol. The van der Waals surface area contributed by atoms with Crippen LogP contribution in [0.1, 0.15) is 5.56 Å². The summed E-state index contributed by atoms with van der Waals surface area (Å²) in [6.07, 6.45) is 0. The van der Waals surface area contributed by atoms with Gasteiger partial charge in [-0.1, -0.05) is 6.07 Å². The van der Waals surface area contributed by atoms with Crippen molar-refractivity contribution in [1.29, 1.82) is 0 Å². The summed E-state index contributed by atoms with van der Waals surface area (Å²) in [4.78, 5) is 2.44. The molecule has 0 aliphatic carbocycles. The first kappa shape index (κ1) is 10.9. The number of rotatable bonds is 2. The number of nitrogens with zero attached hydrogens (tertiary/aromatic N) is 1. The van der Waals surface area contributed by atoms with Crippen LogP contribution in [-0.2, 0) is 4.74 Å². The van der Waals surface area contributed by atoms with E-state index < -0.39 is 0 Å². The fourth-order valence-electron chi connectivity index (χ4n) is 2.93. The van der Waals surface area contributed by atoms with Crippen molar-refractivity contribution in [3.8, 4) is 5.75 Å². The molecule has 2 aliphatic heterocycles. The number of hydrogen-bond acceptors (Lipinski definition) is 3. The zero-order valence-electron chi connectivity index (χ0n) is 10.5. The molecule has 2 unspecified atom stereocenters. The molecule has 0 aromatic heterocycles. The molecule has 3 nitrogen and oxygen atoms in total. The number of aryl methyl sites for hydroxylation is 1. The summed E-state index contributed by atoms with van der Waals surface area (Å²) in [6.45, 7) is 6.15. The van der Waals surface area contributed by atoms with Crippen LogP contribution < -0.4 is 9.64 Å². The number of ether oxygens (including phenoxy) is 2. The highest BCUT2D eigenvalue weighted by Crippen LogP contribution is 2.37. The van der Waals surface area contributed by atoms with Crippen molar-refractivity contribution in [2.24, 2.45) is 11.8 Å². The van der Waals surface area contributed by atoms with Gasteiger partial charge in [0, 0.05) is 24.9 Å². The Morgan fingerprint density at radius 3 is 2.59 bits per heavy atom. The predicted molar refractivity (Wildman–Crippen MR) is 67.7 cm³/mol. The van der Waals surface area contributed by atoms with Crippen LogP contribution in [0, 0.1) is 18.8 Å². The lowest BCUT2D eigenvalue weighted by molar-refractivity contribution is 0.177. The summed E-state index contributed by atoms with van der Waals surface area (Å²) in [6, 6.07) is 6.44. The molecule has 3 rings (SSSR count). The molecule has 0 bridgehead atoms. The van der Waals surface area contributed by atoms with Gasteiger partial charge in [0.25, 0.3) is 0 Å². The fourth-order valence-corrected chi connectivity index (χ4v) is 2.93. The molecule has 1 aromatic rings. The SMILES string of the molecule is COc1cc(C)ccc1N1CC2COCC2C1. The Kier molecular flexibility index (Phi) is 2.71. The maximum Gasteiger partial charge on any atom is 0.142 e. The van der Waals surface area contributed by atoms with Crippen molar-refractivity contribution in [3.63, 3.8) is 0 Å². The Bertz CT molecular complexity index is 407. The third-order valence-corrected chi connectivity index (χ3v) is 3.92. The first-order valence-corrected chi connectivity index (χ1v) is 6.25. The summed E-state index contributed by atoms with van der Waals surface area (Å²) in [5.41, 5.74) is 2.47. The molecule has 0 saturated carbocycles. The zero-order valence-corrected chi connectivity index (χ0v) is 10.5. The lowest BCUT2D eigenvalue weighted by Crippen LogP contribution is -2.22. The lowest BCUT2D eigenvalue weighted by Gasteiger charge is -2.22. The van der Waals surface area contributed by atoms with E-state index in [-0.39, 0.29) is 0 Å². The highest BCUT2D eigenvalue weighted by atomic mass is 16.5. The second-order valence-corrected chi connectivity index (χ2v) is 5.14. The minimum Gasteiger partial charge on any atom is -0.495 e. The number of hydrogen-bond donors (Lipinski definition) is 0. The fraction of sp³-hybridized carbons (Fsp3) is 0.571. The van der Waals surface area contributed by atoms with E-state index in [9.17, 15) is 0 Å². The van der Waals surface area contributed by atoms with Crippen LogP contribution in [-0.4, -0.2) is 33.4 Å². The predicted octanol–water partition coefficient (Wildman–Crippen LogP) is 2.09. The Hall–Kier alpha value is -1.22. The van der Waals surface area contributed by atoms with E-state index in [1.54, 1.807) is 7.11 Å². The van der Waals surface area contributed by atoms with Gasteiger partial charge in [-0.2, -0.15) is 0 Å². The van der Waals surface area contributed by atoms with Crippen molar-refractivity contribution in [2.45, 2.75) is 6.92 Å². The zero-order chi connectivity index (χ0) is 11.8. The van der Waals surface area contributed by atoms with Crippen LogP contribution in [0.2, 0.25) is 0 Å². The largest absolute Gasteiger partial charge is 0.495 e. The van der Waals surface area contributed by atoms with E-state index in [1.807, 2.05) is 0 Å². The van der Waals surface area contributed by atoms with E-state index >= 15 is 0 Å². The molecular formula is C14H19NO2. The van der Waals surface area contributed by atoms with E-state index in [4.69, 9.17) is 9.47 Å². The Balaban J connectivity index is 1.85. The Labute approximate surface area is 102 Å². The molecule has 3 heteroatoms. The summed E-state index contributed by atoms with van der Waals surface area (Å²) in [5.74, 6) is 2.41. The molecule has 92 valence electrons. The first-order chi connectivity index (χ1) is 8.28. The number of anilines is 1. The smallest absolute Gasteiger partial charge is 0.142 e. The van der Waals surface area contributed by atoms with Crippen LogP contribution >= 0.6 is 0 Å². The Morgan fingerprint density at radius 1 is 1.24 bits per heavy atom. The van der Waals surface area contributed by atoms with Crippen molar-refractivity contribution < 1.29 is 9.47 Å². The molecule has 2 saturated heterocycles. The van der Waals surface area contributed by atoms with Gasteiger partial charge in [-0.25, -0.2) is 0 Å². The standard InChI is InChI=1S/C14H19NO2/c1-10-3-4-13(14(5-10)16-2)15-6-11-8-17-9-12(11)7-15/h3-5,11-12H,6-9H2,1-2H3. The van der Waals surface area contributed by atoms with Crippen molar-refractivity contribution in [2.75, 3.05) is 38.3 Å². The second-order valence-electron chi connectivity index (χ2n) is 5.14. The molecule has 1 aromatic carbocycles. The van der Waals surface area contributed by atoms with Crippen molar-refractivity contribution in [1.82, 2.24) is 0 Å². The van der Waals surface area contributed by atoms with Crippen LogP contribution in [0.25, 0.3) is 0 Å². The molecule has 0 spiro atoms. The van der Waals surface area contributed by atoms with Crippen molar-refractivity contribution >= 4 is 5.69 Å². The minimum absolute atomic E-state index is 0.709. The maximum absolute atomic E-state index is 5.51.